The van der Waals surface area contributed by atoms with E-state index in [9.17, 15) is 18.0 Å². The van der Waals surface area contributed by atoms with Crippen LogP contribution >= 0.6 is 0 Å². The van der Waals surface area contributed by atoms with Crippen molar-refractivity contribution in [3.05, 3.63) is 66.6 Å². The molecule has 1 saturated heterocycles. The molecule has 1 atom stereocenters. The third kappa shape index (κ3) is 3.70. The Labute approximate surface area is 198 Å². The Bertz CT molecular complexity index is 1350. The molecular weight excluding hydrogens is 454 g/mol. The van der Waals surface area contributed by atoms with Gasteiger partial charge in [0.1, 0.15) is 0 Å². The summed E-state index contributed by atoms with van der Waals surface area (Å²) in [5, 5.41) is 0. The van der Waals surface area contributed by atoms with E-state index in [1.807, 2.05) is 25.1 Å². The van der Waals surface area contributed by atoms with E-state index in [-0.39, 0.29) is 28.5 Å². The zero-order chi connectivity index (χ0) is 24.0. The van der Waals surface area contributed by atoms with Gasteiger partial charge in [-0.1, -0.05) is 18.2 Å². The van der Waals surface area contributed by atoms with Gasteiger partial charge in [0, 0.05) is 26.6 Å². The Kier molecular flexibility index (Phi) is 5.53. The molecule has 2 aromatic carbocycles. The lowest BCUT2D eigenvalue weighted by atomic mass is 10.0. The van der Waals surface area contributed by atoms with Crippen LogP contribution in [-0.4, -0.2) is 50.2 Å². The maximum absolute atomic E-state index is 13.2. The third-order valence-electron chi connectivity index (χ3n) is 6.37. The second-order valence-corrected chi connectivity index (χ2v) is 10.6. The standard InChI is InChI=1S/C25H25N3O5S/c1-17-16-27(25(30)24-5-3-14-33-24)23-15-20(8-11-22(23)28(17)18(2)29)19-6-9-21(10-7-19)34(31,32)26-12-4-13-26/h3,5-11,14-15,17H,4,12-13,16H2,1-2H3/t17-/m0/s1. The van der Waals surface area contributed by atoms with Crippen LogP contribution in [0.5, 0.6) is 0 Å². The normalized spacial score (nSPS) is 18.4. The number of furan rings is 1. The molecule has 0 spiro atoms. The Morgan fingerprint density at radius 3 is 2.26 bits per heavy atom. The lowest BCUT2D eigenvalue weighted by Gasteiger charge is -2.40. The molecule has 3 heterocycles. The SMILES string of the molecule is CC(=O)N1c2ccc(-c3ccc(S(=O)(=O)N4CCC4)cc3)cc2N(C(=O)c2ccco2)C[C@@H]1C. The zero-order valence-corrected chi connectivity index (χ0v) is 19.8. The minimum atomic E-state index is -3.46. The van der Waals surface area contributed by atoms with Gasteiger partial charge in [-0.25, -0.2) is 8.42 Å². The van der Waals surface area contributed by atoms with Crippen LogP contribution in [0.4, 0.5) is 11.4 Å². The number of carbonyl (C=O) groups is 2. The highest BCUT2D eigenvalue weighted by Gasteiger charge is 2.35. The summed E-state index contributed by atoms with van der Waals surface area (Å²) in [6.07, 6.45) is 2.34. The molecule has 0 aliphatic carbocycles. The number of sulfonamides is 1. The highest BCUT2D eigenvalue weighted by Crippen LogP contribution is 2.39. The molecule has 0 unspecified atom stereocenters. The van der Waals surface area contributed by atoms with E-state index in [1.165, 1.54) is 17.5 Å². The maximum atomic E-state index is 13.2. The lowest BCUT2D eigenvalue weighted by Crippen LogP contribution is -2.51. The summed E-state index contributed by atoms with van der Waals surface area (Å²) in [5.41, 5.74) is 2.86. The topological polar surface area (TPSA) is 91.1 Å². The first kappa shape index (κ1) is 22.4. The van der Waals surface area contributed by atoms with Crippen molar-refractivity contribution in [1.82, 2.24) is 4.31 Å². The second-order valence-electron chi connectivity index (χ2n) is 8.62. The van der Waals surface area contributed by atoms with Crippen LogP contribution in [-0.2, 0) is 14.8 Å². The fraction of sp³-hybridized carbons (Fsp3) is 0.280. The second kappa shape index (κ2) is 8.41. The number of rotatable bonds is 4. The van der Waals surface area contributed by atoms with Gasteiger partial charge in [-0.05, 0) is 60.9 Å². The van der Waals surface area contributed by atoms with E-state index in [0.29, 0.717) is 31.0 Å². The van der Waals surface area contributed by atoms with Gasteiger partial charge in [-0.3, -0.25) is 9.59 Å². The van der Waals surface area contributed by atoms with Crippen LogP contribution < -0.4 is 9.80 Å². The molecule has 2 amide bonds. The van der Waals surface area contributed by atoms with Gasteiger partial charge in [-0.15, -0.1) is 0 Å². The molecule has 2 aliphatic heterocycles. The van der Waals surface area contributed by atoms with Gasteiger partial charge in [-0.2, -0.15) is 4.31 Å². The number of amides is 2. The number of carbonyl (C=O) groups excluding carboxylic acids is 2. The first-order valence-electron chi connectivity index (χ1n) is 11.2. The first-order valence-corrected chi connectivity index (χ1v) is 12.6. The van der Waals surface area contributed by atoms with Gasteiger partial charge >= 0.3 is 0 Å². The van der Waals surface area contributed by atoms with Gasteiger partial charge in [0.25, 0.3) is 5.91 Å². The molecule has 3 aromatic rings. The summed E-state index contributed by atoms with van der Waals surface area (Å²) in [5.74, 6) is -0.165. The largest absolute Gasteiger partial charge is 0.459 e. The minimum absolute atomic E-state index is 0.104. The third-order valence-corrected chi connectivity index (χ3v) is 8.28. The summed E-state index contributed by atoms with van der Waals surface area (Å²) in [6, 6.07) is 15.4. The first-order chi connectivity index (χ1) is 16.3. The van der Waals surface area contributed by atoms with Gasteiger partial charge in [0.05, 0.1) is 28.6 Å². The van der Waals surface area contributed by atoms with Crippen LogP contribution in [0, 0.1) is 0 Å². The average molecular weight is 480 g/mol. The van der Waals surface area contributed by atoms with Crippen molar-refractivity contribution in [3.8, 4) is 11.1 Å². The number of anilines is 2. The van der Waals surface area contributed by atoms with E-state index in [4.69, 9.17) is 4.42 Å². The number of hydrogen-bond acceptors (Lipinski definition) is 5. The molecule has 8 nitrogen and oxygen atoms in total. The highest BCUT2D eigenvalue weighted by atomic mass is 32.2. The fourth-order valence-corrected chi connectivity index (χ4v) is 6.02. The number of nitrogens with zero attached hydrogens (tertiary/aromatic N) is 3. The fourth-order valence-electron chi connectivity index (χ4n) is 4.51. The van der Waals surface area contributed by atoms with Crippen LogP contribution in [0.15, 0.2) is 70.2 Å². The number of benzene rings is 2. The lowest BCUT2D eigenvalue weighted by molar-refractivity contribution is -0.117. The monoisotopic (exact) mass is 479 g/mol. The minimum Gasteiger partial charge on any atom is -0.459 e. The summed E-state index contributed by atoms with van der Waals surface area (Å²) >= 11 is 0. The Balaban J connectivity index is 1.54. The van der Waals surface area contributed by atoms with E-state index < -0.39 is 10.0 Å². The molecule has 9 heteroatoms. The van der Waals surface area contributed by atoms with E-state index in [1.54, 1.807) is 46.2 Å². The van der Waals surface area contributed by atoms with Crippen molar-refractivity contribution >= 4 is 33.2 Å². The van der Waals surface area contributed by atoms with Gasteiger partial charge in [0.2, 0.25) is 15.9 Å². The van der Waals surface area contributed by atoms with Crippen molar-refractivity contribution in [2.75, 3.05) is 29.4 Å². The molecule has 176 valence electrons. The van der Waals surface area contributed by atoms with Crippen molar-refractivity contribution in [1.29, 1.82) is 0 Å². The molecule has 1 aromatic heterocycles. The van der Waals surface area contributed by atoms with Crippen LogP contribution in [0.25, 0.3) is 11.1 Å². The Morgan fingerprint density at radius 2 is 1.68 bits per heavy atom. The van der Waals surface area contributed by atoms with Crippen LogP contribution in [0.3, 0.4) is 0 Å². The van der Waals surface area contributed by atoms with Crippen molar-refractivity contribution in [3.63, 3.8) is 0 Å². The highest BCUT2D eigenvalue weighted by molar-refractivity contribution is 7.89. The van der Waals surface area contributed by atoms with Gasteiger partial charge in [0.15, 0.2) is 5.76 Å². The van der Waals surface area contributed by atoms with Gasteiger partial charge < -0.3 is 14.2 Å². The summed E-state index contributed by atoms with van der Waals surface area (Å²) in [4.78, 5) is 29.2. The molecule has 2 aliphatic rings. The quantitative estimate of drug-likeness (QED) is 0.569. The molecule has 0 N–H and O–H groups in total. The average Bonchev–Trinajstić information content (AvgIpc) is 3.31. The molecule has 34 heavy (non-hydrogen) atoms. The summed E-state index contributed by atoms with van der Waals surface area (Å²) in [6.45, 7) is 4.84. The summed E-state index contributed by atoms with van der Waals surface area (Å²) < 4.78 is 32.1. The Morgan fingerprint density at radius 1 is 0.971 bits per heavy atom. The predicted molar refractivity (Wildman–Crippen MR) is 128 cm³/mol. The van der Waals surface area contributed by atoms with Crippen molar-refractivity contribution in [2.24, 2.45) is 0 Å². The molecule has 5 rings (SSSR count). The zero-order valence-electron chi connectivity index (χ0n) is 19.0. The number of fused-ring (bicyclic) bond motifs is 1. The predicted octanol–water partition coefficient (Wildman–Crippen LogP) is 3.74. The van der Waals surface area contributed by atoms with Crippen molar-refractivity contribution < 1.29 is 22.4 Å². The Hall–Kier alpha value is -3.43. The number of hydrogen-bond donors (Lipinski definition) is 0. The van der Waals surface area contributed by atoms with Crippen LogP contribution in [0.1, 0.15) is 30.8 Å². The van der Waals surface area contributed by atoms with E-state index >= 15 is 0 Å². The molecular formula is C25H25N3O5S. The van der Waals surface area contributed by atoms with E-state index in [0.717, 1.165) is 17.5 Å². The molecule has 1 fully saturated rings. The maximum Gasteiger partial charge on any atom is 0.294 e. The molecule has 0 saturated carbocycles. The van der Waals surface area contributed by atoms with E-state index in [2.05, 4.69) is 0 Å². The molecule has 0 bridgehead atoms. The smallest absolute Gasteiger partial charge is 0.294 e. The van der Waals surface area contributed by atoms with Crippen LogP contribution in [0.2, 0.25) is 0 Å². The van der Waals surface area contributed by atoms with Crippen molar-refractivity contribution in [2.45, 2.75) is 31.2 Å². The summed E-state index contributed by atoms with van der Waals surface area (Å²) in [7, 11) is -3.46. The molecule has 0 radical (unpaired) electrons.